The molecule has 1 fully saturated rings. The fraction of sp³-hybridized carbons (Fsp3) is 0.455. The van der Waals surface area contributed by atoms with Crippen LogP contribution in [0, 0.1) is 0 Å². The summed E-state index contributed by atoms with van der Waals surface area (Å²) >= 11 is 10.5. The Labute approximate surface area is 95.3 Å². The van der Waals surface area contributed by atoms with Gasteiger partial charge in [-0.05, 0) is 30.7 Å². The predicted molar refractivity (Wildman–Crippen MR) is 63.5 cm³/mol. The Bertz CT molecular complexity index is 345. The van der Waals surface area contributed by atoms with Crippen molar-refractivity contribution in [2.75, 3.05) is 13.1 Å². The number of halogens is 1. The van der Waals surface area contributed by atoms with Crippen molar-refractivity contribution >= 4 is 24.2 Å². The Morgan fingerprint density at radius 3 is 2.86 bits per heavy atom. The topological polar surface area (TPSA) is 12.0 Å². The van der Waals surface area contributed by atoms with Crippen LogP contribution in [0.2, 0.25) is 5.02 Å². The molecule has 0 amide bonds. The van der Waals surface area contributed by atoms with Gasteiger partial charge >= 0.3 is 0 Å². The summed E-state index contributed by atoms with van der Waals surface area (Å²) in [6.45, 7) is 4.35. The number of thiol groups is 1. The zero-order chi connectivity index (χ0) is 10.2. The lowest BCUT2D eigenvalue weighted by Crippen LogP contribution is -2.25. The highest BCUT2D eigenvalue weighted by molar-refractivity contribution is 7.80. The summed E-state index contributed by atoms with van der Waals surface area (Å²) in [6, 6.07) is 6.02. The molecule has 1 saturated heterocycles. The minimum absolute atomic E-state index is 0.193. The first-order chi connectivity index (χ1) is 6.62. The van der Waals surface area contributed by atoms with E-state index in [9.17, 15) is 0 Å². The molecule has 76 valence electrons. The van der Waals surface area contributed by atoms with Crippen molar-refractivity contribution < 1.29 is 0 Å². The van der Waals surface area contributed by atoms with Crippen molar-refractivity contribution in [1.29, 1.82) is 0 Å². The zero-order valence-electron chi connectivity index (χ0n) is 8.18. The van der Waals surface area contributed by atoms with Gasteiger partial charge in [-0.25, -0.2) is 0 Å². The lowest BCUT2D eigenvalue weighted by molar-refractivity contribution is 0.525. The van der Waals surface area contributed by atoms with Crippen LogP contribution in [0.3, 0.4) is 0 Å². The number of benzene rings is 1. The van der Waals surface area contributed by atoms with Gasteiger partial charge in [-0.1, -0.05) is 24.6 Å². The SMILES string of the molecule is C[C@@]1(c2ccc(S)cc2Cl)CCNC1. The predicted octanol–water partition coefficient (Wildman–Crippen LogP) is 2.88. The second-order valence-corrected chi connectivity index (χ2v) is 5.08. The molecule has 1 heterocycles. The standard InChI is InChI=1S/C11H14ClNS/c1-11(4-5-13-7-11)9-3-2-8(14)6-10(9)12/h2-3,6,13-14H,4-5,7H2,1H3/t11-/m1/s1. The second-order valence-electron chi connectivity index (χ2n) is 4.15. The third kappa shape index (κ3) is 1.79. The van der Waals surface area contributed by atoms with Crippen LogP contribution in [-0.2, 0) is 5.41 Å². The number of hydrogen-bond acceptors (Lipinski definition) is 2. The van der Waals surface area contributed by atoms with E-state index in [2.05, 4.69) is 30.9 Å². The molecule has 0 radical (unpaired) electrons. The van der Waals surface area contributed by atoms with Gasteiger partial charge in [-0.15, -0.1) is 12.6 Å². The van der Waals surface area contributed by atoms with Crippen molar-refractivity contribution in [2.45, 2.75) is 23.7 Å². The maximum atomic E-state index is 6.22. The fourth-order valence-corrected chi connectivity index (χ4v) is 2.73. The first-order valence-electron chi connectivity index (χ1n) is 4.81. The van der Waals surface area contributed by atoms with Crippen LogP contribution in [0.15, 0.2) is 23.1 Å². The zero-order valence-corrected chi connectivity index (χ0v) is 9.83. The Balaban J connectivity index is 2.40. The number of hydrogen-bond donors (Lipinski definition) is 2. The summed E-state index contributed by atoms with van der Waals surface area (Å²) in [4.78, 5) is 0.924. The van der Waals surface area contributed by atoms with Gasteiger partial charge < -0.3 is 5.32 Å². The molecule has 1 aromatic rings. The lowest BCUT2D eigenvalue weighted by atomic mass is 9.82. The van der Waals surface area contributed by atoms with E-state index in [0.717, 1.165) is 29.4 Å². The lowest BCUT2D eigenvalue weighted by Gasteiger charge is -2.24. The molecular weight excluding hydrogens is 214 g/mol. The number of nitrogens with one attached hydrogen (secondary N) is 1. The molecule has 1 aliphatic rings. The van der Waals surface area contributed by atoms with E-state index in [4.69, 9.17) is 11.6 Å². The van der Waals surface area contributed by atoms with Gasteiger partial charge in [0, 0.05) is 21.9 Å². The minimum atomic E-state index is 0.193. The third-order valence-corrected chi connectivity index (χ3v) is 3.56. The molecule has 1 N–H and O–H groups in total. The van der Waals surface area contributed by atoms with Crippen molar-refractivity contribution in [3.05, 3.63) is 28.8 Å². The summed E-state index contributed by atoms with van der Waals surface area (Å²) < 4.78 is 0. The average Bonchev–Trinajstić information content (AvgIpc) is 2.52. The molecule has 1 nitrogen and oxygen atoms in total. The van der Waals surface area contributed by atoms with Crippen molar-refractivity contribution in [1.82, 2.24) is 5.32 Å². The molecular formula is C11H14ClNS. The summed E-state index contributed by atoms with van der Waals surface area (Å²) in [5, 5.41) is 4.21. The highest BCUT2D eigenvalue weighted by Crippen LogP contribution is 2.35. The number of rotatable bonds is 1. The fourth-order valence-electron chi connectivity index (χ4n) is 2.04. The Morgan fingerprint density at radius 1 is 1.50 bits per heavy atom. The molecule has 0 aromatic heterocycles. The first-order valence-corrected chi connectivity index (χ1v) is 5.64. The van der Waals surface area contributed by atoms with E-state index in [1.165, 1.54) is 5.56 Å². The quantitative estimate of drug-likeness (QED) is 0.704. The van der Waals surface area contributed by atoms with Crippen LogP contribution in [0.4, 0.5) is 0 Å². The maximum absolute atomic E-state index is 6.22. The van der Waals surface area contributed by atoms with Crippen LogP contribution in [0.5, 0.6) is 0 Å². The third-order valence-electron chi connectivity index (χ3n) is 2.97. The largest absolute Gasteiger partial charge is 0.316 e. The monoisotopic (exact) mass is 227 g/mol. The van der Waals surface area contributed by atoms with Gasteiger partial charge in [0.15, 0.2) is 0 Å². The van der Waals surface area contributed by atoms with Gasteiger partial charge in [0.2, 0.25) is 0 Å². The van der Waals surface area contributed by atoms with Gasteiger partial charge in [-0.3, -0.25) is 0 Å². The molecule has 0 saturated carbocycles. The Hall–Kier alpha value is -0.180. The van der Waals surface area contributed by atoms with Gasteiger partial charge in [0.1, 0.15) is 0 Å². The van der Waals surface area contributed by atoms with E-state index in [0.29, 0.717) is 0 Å². The van der Waals surface area contributed by atoms with E-state index >= 15 is 0 Å². The van der Waals surface area contributed by atoms with Crippen molar-refractivity contribution in [3.63, 3.8) is 0 Å². The maximum Gasteiger partial charge on any atom is 0.0455 e. The first kappa shape index (κ1) is 10.3. The highest BCUT2D eigenvalue weighted by atomic mass is 35.5. The van der Waals surface area contributed by atoms with Crippen LogP contribution in [-0.4, -0.2) is 13.1 Å². The normalized spacial score (nSPS) is 26.8. The van der Waals surface area contributed by atoms with E-state index in [1.807, 2.05) is 12.1 Å². The molecule has 3 heteroatoms. The molecule has 1 aromatic carbocycles. The highest BCUT2D eigenvalue weighted by Gasteiger charge is 2.31. The molecule has 14 heavy (non-hydrogen) atoms. The second kappa shape index (κ2) is 3.76. The van der Waals surface area contributed by atoms with E-state index in [1.54, 1.807) is 0 Å². The summed E-state index contributed by atoms with van der Waals surface area (Å²) in [7, 11) is 0. The van der Waals surface area contributed by atoms with Crippen molar-refractivity contribution in [2.24, 2.45) is 0 Å². The molecule has 1 atom stereocenters. The minimum Gasteiger partial charge on any atom is -0.316 e. The van der Waals surface area contributed by atoms with Gasteiger partial charge in [-0.2, -0.15) is 0 Å². The smallest absolute Gasteiger partial charge is 0.0455 e. The van der Waals surface area contributed by atoms with Crippen LogP contribution >= 0.6 is 24.2 Å². The Morgan fingerprint density at radius 2 is 2.29 bits per heavy atom. The van der Waals surface area contributed by atoms with Crippen molar-refractivity contribution in [3.8, 4) is 0 Å². The molecule has 0 aliphatic carbocycles. The summed E-state index contributed by atoms with van der Waals surface area (Å²) in [5.41, 5.74) is 1.43. The van der Waals surface area contributed by atoms with E-state index < -0.39 is 0 Å². The van der Waals surface area contributed by atoms with Crippen LogP contribution in [0.25, 0.3) is 0 Å². The van der Waals surface area contributed by atoms with Crippen LogP contribution in [0.1, 0.15) is 18.9 Å². The molecule has 0 unspecified atom stereocenters. The average molecular weight is 228 g/mol. The van der Waals surface area contributed by atoms with Gasteiger partial charge in [0.25, 0.3) is 0 Å². The Kier molecular flexibility index (Phi) is 2.78. The molecule has 2 rings (SSSR count). The molecule has 1 aliphatic heterocycles. The van der Waals surface area contributed by atoms with Crippen LogP contribution < -0.4 is 5.32 Å². The molecule has 0 spiro atoms. The van der Waals surface area contributed by atoms with Gasteiger partial charge in [0.05, 0.1) is 0 Å². The van der Waals surface area contributed by atoms with E-state index in [-0.39, 0.29) is 5.41 Å². The summed E-state index contributed by atoms with van der Waals surface area (Å²) in [5.74, 6) is 0. The molecule has 0 bridgehead atoms. The summed E-state index contributed by atoms with van der Waals surface area (Å²) in [6.07, 6.45) is 1.15.